The summed E-state index contributed by atoms with van der Waals surface area (Å²) in [6, 6.07) is 7.17. The van der Waals surface area contributed by atoms with Gasteiger partial charge in [-0.2, -0.15) is 8.78 Å². The van der Waals surface area contributed by atoms with Crippen LogP contribution in [-0.4, -0.2) is 18.7 Å². The third kappa shape index (κ3) is 3.30. The smallest absolute Gasteiger partial charge is 0.387 e. The van der Waals surface area contributed by atoms with E-state index < -0.39 is 6.61 Å². The molecular formula is C12H16F2N2O. The van der Waals surface area contributed by atoms with E-state index in [9.17, 15) is 8.78 Å². The van der Waals surface area contributed by atoms with E-state index in [0.29, 0.717) is 5.69 Å². The number of para-hydroxylation sites is 2. The summed E-state index contributed by atoms with van der Waals surface area (Å²) in [5.74, 6) is 0.183. The molecule has 94 valence electrons. The van der Waals surface area contributed by atoms with Crippen LogP contribution in [0, 0.1) is 0 Å². The van der Waals surface area contributed by atoms with Crippen molar-refractivity contribution >= 4 is 5.69 Å². The Morgan fingerprint density at radius 2 is 2.06 bits per heavy atom. The van der Waals surface area contributed by atoms with Gasteiger partial charge in [0.05, 0.1) is 5.69 Å². The van der Waals surface area contributed by atoms with E-state index in [-0.39, 0.29) is 17.8 Å². The molecule has 1 aliphatic rings. The van der Waals surface area contributed by atoms with Crippen LogP contribution in [0.25, 0.3) is 0 Å². The summed E-state index contributed by atoms with van der Waals surface area (Å²) >= 11 is 0. The maximum atomic E-state index is 12.2. The Bertz CT molecular complexity index is 373. The molecule has 1 saturated carbocycles. The van der Waals surface area contributed by atoms with Crippen LogP contribution in [0.5, 0.6) is 5.75 Å². The van der Waals surface area contributed by atoms with Gasteiger partial charge in [0.1, 0.15) is 5.75 Å². The Kier molecular flexibility index (Phi) is 3.78. The SMILES string of the molecule is NC1CCC(Nc2ccccc2OC(F)F)C1. The highest BCUT2D eigenvalue weighted by atomic mass is 19.3. The van der Waals surface area contributed by atoms with E-state index in [2.05, 4.69) is 10.1 Å². The predicted molar refractivity (Wildman–Crippen MR) is 62.3 cm³/mol. The van der Waals surface area contributed by atoms with Crippen LogP contribution in [0.2, 0.25) is 0 Å². The van der Waals surface area contributed by atoms with Crippen molar-refractivity contribution in [1.29, 1.82) is 0 Å². The fraction of sp³-hybridized carbons (Fsp3) is 0.500. The average molecular weight is 242 g/mol. The summed E-state index contributed by atoms with van der Waals surface area (Å²) in [6.07, 6.45) is 2.79. The van der Waals surface area contributed by atoms with Gasteiger partial charge in [0, 0.05) is 12.1 Å². The summed E-state index contributed by atoms with van der Waals surface area (Å²) < 4.78 is 28.9. The predicted octanol–water partition coefficient (Wildman–Crippen LogP) is 2.58. The number of benzene rings is 1. The monoisotopic (exact) mass is 242 g/mol. The largest absolute Gasteiger partial charge is 0.433 e. The number of hydrogen-bond acceptors (Lipinski definition) is 3. The van der Waals surface area contributed by atoms with Gasteiger partial charge in [0.15, 0.2) is 0 Å². The first kappa shape index (κ1) is 12.1. The summed E-state index contributed by atoms with van der Waals surface area (Å²) in [5, 5.41) is 3.21. The van der Waals surface area contributed by atoms with Crippen LogP contribution in [0.4, 0.5) is 14.5 Å². The van der Waals surface area contributed by atoms with E-state index in [1.54, 1.807) is 18.2 Å². The van der Waals surface area contributed by atoms with Gasteiger partial charge in [0.2, 0.25) is 0 Å². The number of halogens is 2. The molecule has 2 atom stereocenters. The molecule has 0 amide bonds. The molecule has 17 heavy (non-hydrogen) atoms. The normalized spacial score (nSPS) is 24.0. The number of ether oxygens (including phenoxy) is 1. The first-order valence-electron chi connectivity index (χ1n) is 5.71. The number of anilines is 1. The zero-order valence-corrected chi connectivity index (χ0v) is 9.40. The van der Waals surface area contributed by atoms with Gasteiger partial charge in [-0.25, -0.2) is 0 Å². The van der Waals surface area contributed by atoms with Crippen molar-refractivity contribution in [3.8, 4) is 5.75 Å². The van der Waals surface area contributed by atoms with Gasteiger partial charge in [0.25, 0.3) is 0 Å². The first-order chi connectivity index (χ1) is 8.15. The molecule has 2 unspecified atom stereocenters. The molecule has 3 nitrogen and oxygen atoms in total. The summed E-state index contributed by atoms with van der Waals surface area (Å²) in [7, 11) is 0. The lowest BCUT2D eigenvalue weighted by molar-refractivity contribution is -0.0493. The highest BCUT2D eigenvalue weighted by molar-refractivity contribution is 5.56. The van der Waals surface area contributed by atoms with E-state index in [1.807, 2.05) is 0 Å². The zero-order chi connectivity index (χ0) is 12.3. The summed E-state index contributed by atoms with van der Waals surface area (Å²) in [6.45, 7) is -2.80. The highest BCUT2D eigenvalue weighted by Crippen LogP contribution is 2.29. The zero-order valence-electron chi connectivity index (χ0n) is 9.40. The third-order valence-electron chi connectivity index (χ3n) is 2.94. The number of rotatable bonds is 4. The molecule has 1 aromatic carbocycles. The lowest BCUT2D eigenvalue weighted by Gasteiger charge is -2.17. The third-order valence-corrected chi connectivity index (χ3v) is 2.94. The number of nitrogens with one attached hydrogen (secondary N) is 1. The molecule has 0 spiro atoms. The molecular weight excluding hydrogens is 226 g/mol. The molecule has 2 rings (SSSR count). The van der Waals surface area contributed by atoms with Crippen molar-refractivity contribution in [3.63, 3.8) is 0 Å². The quantitative estimate of drug-likeness (QED) is 0.853. The van der Waals surface area contributed by atoms with Crippen LogP contribution in [-0.2, 0) is 0 Å². The second-order valence-corrected chi connectivity index (χ2v) is 4.29. The second-order valence-electron chi connectivity index (χ2n) is 4.29. The van der Waals surface area contributed by atoms with Gasteiger partial charge in [-0.3, -0.25) is 0 Å². The minimum absolute atomic E-state index is 0.183. The van der Waals surface area contributed by atoms with Gasteiger partial charge < -0.3 is 15.8 Å². The highest BCUT2D eigenvalue weighted by Gasteiger charge is 2.22. The Balaban J connectivity index is 2.04. The minimum atomic E-state index is -2.80. The minimum Gasteiger partial charge on any atom is -0.433 e. The van der Waals surface area contributed by atoms with Crippen molar-refractivity contribution in [2.24, 2.45) is 5.73 Å². The second kappa shape index (κ2) is 5.31. The number of hydrogen-bond donors (Lipinski definition) is 2. The Hall–Kier alpha value is -1.36. The van der Waals surface area contributed by atoms with Gasteiger partial charge >= 0.3 is 6.61 Å². The molecule has 5 heteroatoms. The maximum absolute atomic E-state index is 12.2. The number of alkyl halides is 2. The molecule has 0 aliphatic heterocycles. The summed E-state index contributed by atoms with van der Waals surface area (Å²) in [4.78, 5) is 0. The van der Waals surface area contributed by atoms with Crippen LogP contribution in [0.3, 0.4) is 0 Å². The molecule has 0 heterocycles. The Morgan fingerprint density at radius 3 is 2.71 bits per heavy atom. The number of nitrogens with two attached hydrogens (primary N) is 1. The van der Waals surface area contributed by atoms with Crippen LogP contribution in [0.15, 0.2) is 24.3 Å². The Labute approximate surface area is 98.9 Å². The lowest BCUT2D eigenvalue weighted by Crippen LogP contribution is -2.21. The molecule has 0 aromatic heterocycles. The Morgan fingerprint density at radius 1 is 1.29 bits per heavy atom. The molecule has 3 N–H and O–H groups in total. The van der Waals surface area contributed by atoms with Crippen molar-refractivity contribution in [1.82, 2.24) is 0 Å². The van der Waals surface area contributed by atoms with Gasteiger partial charge in [-0.15, -0.1) is 0 Å². The van der Waals surface area contributed by atoms with E-state index in [4.69, 9.17) is 5.73 Å². The fourth-order valence-electron chi connectivity index (χ4n) is 2.15. The molecule has 1 aliphatic carbocycles. The molecule has 1 aromatic rings. The molecule has 1 fully saturated rings. The van der Waals surface area contributed by atoms with E-state index >= 15 is 0 Å². The van der Waals surface area contributed by atoms with Crippen molar-refractivity contribution in [2.75, 3.05) is 5.32 Å². The van der Waals surface area contributed by atoms with Crippen LogP contribution >= 0.6 is 0 Å². The van der Waals surface area contributed by atoms with Gasteiger partial charge in [-0.05, 0) is 31.4 Å². The fourth-order valence-corrected chi connectivity index (χ4v) is 2.15. The molecule has 0 saturated heterocycles. The topological polar surface area (TPSA) is 47.3 Å². The van der Waals surface area contributed by atoms with E-state index in [1.165, 1.54) is 6.07 Å². The van der Waals surface area contributed by atoms with E-state index in [0.717, 1.165) is 19.3 Å². The first-order valence-corrected chi connectivity index (χ1v) is 5.71. The lowest BCUT2D eigenvalue weighted by atomic mass is 10.2. The van der Waals surface area contributed by atoms with Crippen molar-refractivity contribution in [2.45, 2.75) is 38.0 Å². The van der Waals surface area contributed by atoms with Crippen molar-refractivity contribution in [3.05, 3.63) is 24.3 Å². The van der Waals surface area contributed by atoms with Crippen LogP contribution < -0.4 is 15.8 Å². The van der Waals surface area contributed by atoms with Gasteiger partial charge in [-0.1, -0.05) is 12.1 Å². The molecule has 0 radical (unpaired) electrons. The maximum Gasteiger partial charge on any atom is 0.387 e. The average Bonchev–Trinajstić information content (AvgIpc) is 2.66. The summed E-state index contributed by atoms with van der Waals surface area (Å²) in [5.41, 5.74) is 6.41. The van der Waals surface area contributed by atoms with Crippen molar-refractivity contribution < 1.29 is 13.5 Å². The van der Waals surface area contributed by atoms with Crippen LogP contribution in [0.1, 0.15) is 19.3 Å². The molecule has 0 bridgehead atoms. The standard InChI is InChI=1S/C12H16F2N2O/c13-12(14)17-11-4-2-1-3-10(11)16-9-6-5-8(15)7-9/h1-4,8-9,12,16H,5-7,15H2.